The van der Waals surface area contributed by atoms with Crippen LogP contribution in [0, 0.1) is 17.8 Å². The van der Waals surface area contributed by atoms with Crippen molar-refractivity contribution in [1.29, 1.82) is 0 Å². The fourth-order valence-electron chi connectivity index (χ4n) is 5.52. The number of carbonyl (C=O) groups excluding carboxylic acids is 2. The van der Waals surface area contributed by atoms with E-state index in [1.165, 1.54) is 0 Å². The van der Waals surface area contributed by atoms with Crippen molar-refractivity contribution in [1.82, 2.24) is 15.5 Å². The van der Waals surface area contributed by atoms with Crippen molar-refractivity contribution >= 4 is 23.5 Å². The Balaban J connectivity index is 1.49. The number of likely N-dealkylation sites (tertiary alicyclic amines) is 1. The zero-order valence-electron chi connectivity index (χ0n) is 17.4. The normalized spacial score (nSPS) is 39.2. The summed E-state index contributed by atoms with van der Waals surface area (Å²) in [5.41, 5.74) is 0. The average molecular weight is 388 g/mol. The lowest BCUT2D eigenvalue weighted by atomic mass is 9.85. The Hall–Kier alpha value is -1.76. The predicted molar refractivity (Wildman–Crippen MR) is 109 cm³/mol. The zero-order valence-corrected chi connectivity index (χ0v) is 17.4. The first-order valence-corrected chi connectivity index (χ1v) is 10.8. The van der Waals surface area contributed by atoms with E-state index < -0.39 is 0 Å². The van der Waals surface area contributed by atoms with Gasteiger partial charge in [0.2, 0.25) is 11.8 Å². The highest BCUT2D eigenvalue weighted by Gasteiger charge is 2.47. The molecule has 0 aromatic carbocycles. The quantitative estimate of drug-likeness (QED) is 0.773. The lowest BCUT2D eigenvalue weighted by Crippen LogP contribution is -2.56. The Labute approximate surface area is 167 Å². The molecule has 4 aliphatic rings. The van der Waals surface area contributed by atoms with Crippen LogP contribution in [0.4, 0.5) is 0 Å². The zero-order chi connectivity index (χ0) is 20.0. The number of carbonyl (C=O) groups is 2. The molecule has 1 aliphatic carbocycles. The van der Waals surface area contributed by atoms with E-state index in [9.17, 15) is 9.59 Å². The maximum absolute atomic E-state index is 12.6. The van der Waals surface area contributed by atoms with Crippen molar-refractivity contribution in [2.24, 2.45) is 27.7 Å². The van der Waals surface area contributed by atoms with Crippen LogP contribution in [0.2, 0.25) is 0 Å². The standard InChI is InChI=1S/C21H33N5O2/c1-11(2)19-23-15-10-13(9-14(15)21(28)25-19)16-6-5-7-17(26(16)4)20-22-12(3)8-18(27)24-20/h11-17H,5-10H2,1-4H3,(H,22,24,27)(H,23,25,28)/t12-,13+,14-,15+,16?,17?/m1/s1. The highest BCUT2D eigenvalue weighted by atomic mass is 16.2. The molecule has 1 saturated heterocycles. The summed E-state index contributed by atoms with van der Waals surface area (Å²) in [6, 6.07) is 0.749. The summed E-state index contributed by atoms with van der Waals surface area (Å²) >= 11 is 0. The summed E-state index contributed by atoms with van der Waals surface area (Å²) in [4.78, 5) is 36.6. The van der Waals surface area contributed by atoms with Gasteiger partial charge in [0.1, 0.15) is 11.7 Å². The van der Waals surface area contributed by atoms with Gasteiger partial charge in [-0.05, 0) is 52.0 Å². The van der Waals surface area contributed by atoms with Gasteiger partial charge in [-0.3, -0.25) is 24.5 Å². The molecule has 2 fully saturated rings. The number of piperidine rings is 1. The molecule has 6 atom stereocenters. The molecular formula is C21H33N5O2. The van der Waals surface area contributed by atoms with E-state index in [0.29, 0.717) is 18.4 Å². The molecule has 2 unspecified atom stereocenters. The first-order chi connectivity index (χ1) is 13.3. The summed E-state index contributed by atoms with van der Waals surface area (Å²) in [7, 11) is 2.16. The highest BCUT2D eigenvalue weighted by molar-refractivity contribution is 6.03. The number of hydrogen-bond acceptors (Lipinski definition) is 5. The third-order valence-corrected chi connectivity index (χ3v) is 6.96. The Morgan fingerprint density at radius 2 is 1.89 bits per heavy atom. The van der Waals surface area contributed by atoms with Gasteiger partial charge in [-0.2, -0.15) is 0 Å². The molecule has 0 bridgehead atoms. The lowest BCUT2D eigenvalue weighted by Gasteiger charge is -2.43. The van der Waals surface area contributed by atoms with Crippen LogP contribution in [-0.4, -0.2) is 59.6 Å². The fourth-order valence-corrected chi connectivity index (χ4v) is 5.52. The SMILES string of the molecule is CC(C)C1=N[C@H]2C[C@@H](C3CCCC(C4=N[C@H](C)CC(=O)N4)N3C)C[C@H]2C(=O)N1. The number of rotatable bonds is 3. The lowest BCUT2D eigenvalue weighted by molar-refractivity contribution is -0.124. The van der Waals surface area contributed by atoms with Crippen LogP contribution >= 0.6 is 0 Å². The summed E-state index contributed by atoms with van der Waals surface area (Å²) < 4.78 is 0. The summed E-state index contributed by atoms with van der Waals surface area (Å²) in [5, 5.41) is 6.04. The van der Waals surface area contributed by atoms with Gasteiger partial charge >= 0.3 is 0 Å². The van der Waals surface area contributed by atoms with E-state index in [2.05, 4.69) is 36.4 Å². The van der Waals surface area contributed by atoms with Crippen molar-refractivity contribution in [3.8, 4) is 0 Å². The molecular weight excluding hydrogens is 354 g/mol. The van der Waals surface area contributed by atoms with Gasteiger partial charge in [-0.1, -0.05) is 13.8 Å². The van der Waals surface area contributed by atoms with Crippen LogP contribution < -0.4 is 10.6 Å². The highest BCUT2D eigenvalue weighted by Crippen LogP contribution is 2.42. The van der Waals surface area contributed by atoms with E-state index in [0.717, 1.165) is 43.8 Å². The first kappa shape index (κ1) is 19.6. The number of nitrogens with zero attached hydrogens (tertiary/aromatic N) is 3. The van der Waals surface area contributed by atoms with Crippen molar-refractivity contribution in [3.63, 3.8) is 0 Å². The third kappa shape index (κ3) is 3.61. The second-order valence-electron chi connectivity index (χ2n) is 9.36. The molecule has 154 valence electrons. The monoisotopic (exact) mass is 387 g/mol. The second kappa shape index (κ2) is 7.58. The van der Waals surface area contributed by atoms with Crippen molar-refractivity contribution < 1.29 is 9.59 Å². The minimum Gasteiger partial charge on any atom is -0.314 e. The van der Waals surface area contributed by atoms with Crippen LogP contribution in [0.15, 0.2) is 9.98 Å². The summed E-state index contributed by atoms with van der Waals surface area (Å²) in [6.07, 6.45) is 5.64. The molecule has 1 saturated carbocycles. The maximum atomic E-state index is 12.6. The van der Waals surface area contributed by atoms with Crippen molar-refractivity contribution in [3.05, 3.63) is 0 Å². The molecule has 0 aromatic rings. The third-order valence-electron chi connectivity index (χ3n) is 6.96. The average Bonchev–Trinajstić information content (AvgIpc) is 3.05. The maximum Gasteiger partial charge on any atom is 0.230 e. The molecule has 0 aromatic heterocycles. The Kier molecular flexibility index (Phi) is 5.29. The summed E-state index contributed by atoms with van der Waals surface area (Å²) in [6.45, 7) is 6.15. The molecule has 3 aliphatic heterocycles. The molecule has 7 heteroatoms. The number of aliphatic imine (C=N–C) groups is 2. The number of likely N-dealkylation sites (N-methyl/N-ethyl adjacent to an activating group) is 1. The van der Waals surface area contributed by atoms with E-state index in [4.69, 9.17) is 9.98 Å². The van der Waals surface area contributed by atoms with E-state index in [1.54, 1.807) is 0 Å². The largest absolute Gasteiger partial charge is 0.314 e. The summed E-state index contributed by atoms with van der Waals surface area (Å²) in [5.74, 6) is 2.63. The fraction of sp³-hybridized carbons (Fsp3) is 0.810. The second-order valence-corrected chi connectivity index (χ2v) is 9.36. The van der Waals surface area contributed by atoms with E-state index in [1.807, 2.05) is 6.92 Å². The predicted octanol–water partition coefficient (Wildman–Crippen LogP) is 1.73. The van der Waals surface area contributed by atoms with Crippen LogP contribution in [-0.2, 0) is 9.59 Å². The Morgan fingerprint density at radius 1 is 1.11 bits per heavy atom. The van der Waals surface area contributed by atoms with Gasteiger partial charge in [0.25, 0.3) is 0 Å². The van der Waals surface area contributed by atoms with Crippen LogP contribution in [0.3, 0.4) is 0 Å². The number of amides is 2. The number of hydrogen-bond donors (Lipinski definition) is 2. The van der Waals surface area contributed by atoms with Crippen molar-refractivity contribution in [2.45, 2.75) is 83.5 Å². The van der Waals surface area contributed by atoms with Crippen LogP contribution in [0.5, 0.6) is 0 Å². The molecule has 0 spiro atoms. The van der Waals surface area contributed by atoms with Crippen LogP contribution in [0.1, 0.15) is 59.3 Å². The topological polar surface area (TPSA) is 86.2 Å². The molecule has 0 radical (unpaired) electrons. The minimum atomic E-state index is 0.00743. The molecule has 7 nitrogen and oxygen atoms in total. The Morgan fingerprint density at radius 3 is 2.61 bits per heavy atom. The molecule has 2 amide bonds. The number of fused-ring (bicyclic) bond motifs is 1. The van der Waals surface area contributed by atoms with Gasteiger partial charge in [-0.25, -0.2) is 0 Å². The van der Waals surface area contributed by atoms with Gasteiger partial charge in [0, 0.05) is 18.4 Å². The van der Waals surface area contributed by atoms with Gasteiger partial charge in [0.15, 0.2) is 0 Å². The Bertz CT molecular complexity index is 716. The van der Waals surface area contributed by atoms with Gasteiger partial charge < -0.3 is 10.6 Å². The minimum absolute atomic E-state index is 0.00743. The van der Waals surface area contributed by atoms with Gasteiger partial charge in [0.05, 0.1) is 24.0 Å². The number of nitrogens with one attached hydrogen (secondary N) is 2. The first-order valence-electron chi connectivity index (χ1n) is 10.8. The molecule has 4 rings (SSSR count). The molecule has 2 N–H and O–H groups in total. The van der Waals surface area contributed by atoms with Crippen molar-refractivity contribution in [2.75, 3.05) is 7.05 Å². The number of amidine groups is 2. The van der Waals surface area contributed by atoms with Gasteiger partial charge in [-0.15, -0.1) is 0 Å². The van der Waals surface area contributed by atoms with E-state index in [-0.39, 0.29) is 41.8 Å². The smallest absolute Gasteiger partial charge is 0.230 e. The molecule has 3 heterocycles. The molecule has 28 heavy (non-hydrogen) atoms. The van der Waals surface area contributed by atoms with E-state index >= 15 is 0 Å². The van der Waals surface area contributed by atoms with Crippen LogP contribution in [0.25, 0.3) is 0 Å².